The molecule has 1 heterocycles. The summed E-state index contributed by atoms with van der Waals surface area (Å²) < 4.78 is 18.8. The van der Waals surface area contributed by atoms with Crippen molar-refractivity contribution in [3.8, 4) is 0 Å². The van der Waals surface area contributed by atoms with Crippen LogP contribution < -0.4 is 0 Å². The summed E-state index contributed by atoms with van der Waals surface area (Å²) in [6.45, 7) is 12.6. The van der Waals surface area contributed by atoms with Crippen molar-refractivity contribution < 1.29 is 18.1 Å². The van der Waals surface area contributed by atoms with E-state index in [0.29, 0.717) is 6.10 Å². The van der Waals surface area contributed by atoms with E-state index in [1.165, 1.54) is 114 Å². The number of unbranched alkanes of at least 4 members (excludes halogenated alkanes) is 13. The third kappa shape index (κ3) is 14.2. The first-order valence-corrected chi connectivity index (χ1v) is 14.8. The lowest BCUT2D eigenvalue weighted by Crippen LogP contribution is -2.53. The zero-order chi connectivity index (χ0) is 22.6. The Bertz CT molecular complexity index is 383. The van der Waals surface area contributed by atoms with E-state index in [1.54, 1.807) is 7.11 Å². The van der Waals surface area contributed by atoms with Gasteiger partial charge in [0.1, 0.15) is 0 Å². The average Bonchev–Trinajstić information content (AvgIpc) is 2.81. The van der Waals surface area contributed by atoms with Gasteiger partial charge in [0, 0.05) is 20.0 Å². The summed E-state index contributed by atoms with van der Waals surface area (Å²) in [5, 5.41) is 0. The lowest BCUT2D eigenvalue weighted by Gasteiger charge is -2.42. The molecule has 1 unspecified atom stereocenters. The number of likely N-dealkylation sites (tertiary alicyclic amines) is 1. The first-order valence-electron chi connectivity index (χ1n) is 13.7. The van der Waals surface area contributed by atoms with Crippen LogP contribution in [0.3, 0.4) is 0 Å². The summed E-state index contributed by atoms with van der Waals surface area (Å²) in [7, 11) is 0.551. The molecule has 0 amide bonds. The molecule has 0 N–H and O–H groups in total. The Kier molecular flexibility index (Phi) is 18.6. The second kappa shape index (κ2) is 19.7. The second-order valence-corrected chi connectivity index (χ2v) is 10.8. The van der Waals surface area contributed by atoms with E-state index >= 15 is 0 Å². The van der Waals surface area contributed by atoms with Crippen LogP contribution in [0, 0.1) is 0 Å². The summed E-state index contributed by atoms with van der Waals surface area (Å²) >= 11 is 0. The van der Waals surface area contributed by atoms with Gasteiger partial charge < -0.3 is 18.1 Å². The zero-order valence-electron chi connectivity index (χ0n) is 21.5. The molecule has 1 rings (SSSR count). The minimum absolute atomic E-state index is 0.312. The van der Waals surface area contributed by atoms with Gasteiger partial charge in [-0.1, -0.05) is 90.4 Å². The summed E-state index contributed by atoms with van der Waals surface area (Å²) in [5.74, 6) is 0. The fraction of sp³-hybridized carbons (Fsp3) is 1.00. The molecule has 1 fully saturated rings. The van der Waals surface area contributed by atoms with E-state index in [1.807, 2.05) is 0 Å². The van der Waals surface area contributed by atoms with Crippen molar-refractivity contribution in [2.24, 2.45) is 0 Å². The maximum atomic E-state index is 6.15. The van der Waals surface area contributed by atoms with Crippen molar-refractivity contribution in [2.45, 2.75) is 130 Å². The number of hydrogen-bond donors (Lipinski definition) is 0. The van der Waals surface area contributed by atoms with Crippen LogP contribution in [0.5, 0.6) is 0 Å². The molecule has 0 radical (unpaired) electrons. The SMILES string of the molecule is CCCCCCCCCCCCCCCCOP(OC)OC1CC[N+](CC)(CC)CC1. The number of quaternary nitrogens is 1. The molecule has 5 heteroatoms. The van der Waals surface area contributed by atoms with Gasteiger partial charge in [-0.2, -0.15) is 0 Å². The molecule has 0 aromatic heterocycles. The number of piperidine rings is 1. The zero-order valence-corrected chi connectivity index (χ0v) is 22.4. The minimum atomic E-state index is -1.17. The topological polar surface area (TPSA) is 27.7 Å². The standard InChI is InChI=1S/C26H55NO3P/c1-5-8-9-10-11-12-13-14-15-16-17-18-19-20-25-29-31(28-4)30-26-21-23-27(6-2,7-3)24-22-26/h26H,5-25H2,1-4H3/q+1. The van der Waals surface area contributed by atoms with Gasteiger partial charge in [0.2, 0.25) is 0 Å². The molecule has 0 spiro atoms. The summed E-state index contributed by atoms with van der Waals surface area (Å²) in [6.07, 6.45) is 21.9. The van der Waals surface area contributed by atoms with Crippen molar-refractivity contribution >= 4 is 8.60 Å². The number of rotatable bonds is 21. The summed E-state index contributed by atoms with van der Waals surface area (Å²) in [5.41, 5.74) is 0. The molecular formula is C26H55NO3P+. The average molecular weight is 461 g/mol. The Labute approximate surface area is 196 Å². The quantitative estimate of drug-likeness (QED) is 0.0977. The lowest BCUT2D eigenvalue weighted by molar-refractivity contribution is -0.930. The van der Waals surface area contributed by atoms with Gasteiger partial charge in [-0.05, 0) is 20.3 Å². The largest absolute Gasteiger partial charge is 0.332 e. The van der Waals surface area contributed by atoms with Crippen molar-refractivity contribution in [3.63, 3.8) is 0 Å². The third-order valence-corrected chi connectivity index (χ3v) is 8.43. The van der Waals surface area contributed by atoms with Crippen molar-refractivity contribution in [1.82, 2.24) is 0 Å². The summed E-state index contributed by atoms with van der Waals surface area (Å²) in [4.78, 5) is 0. The van der Waals surface area contributed by atoms with Crippen molar-refractivity contribution in [1.29, 1.82) is 0 Å². The minimum Gasteiger partial charge on any atom is -0.324 e. The normalized spacial score (nSPS) is 17.8. The van der Waals surface area contributed by atoms with Crippen LogP contribution in [0.4, 0.5) is 0 Å². The van der Waals surface area contributed by atoms with Crippen LogP contribution in [0.1, 0.15) is 124 Å². The predicted octanol–water partition coefficient (Wildman–Crippen LogP) is 8.39. The molecule has 31 heavy (non-hydrogen) atoms. The Hall–Kier alpha value is 0.270. The van der Waals surface area contributed by atoms with E-state index in [4.69, 9.17) is 13.6 Å². The molecule has 1 saturated heterocycles. The van der Waals surface area contributed by atoms with E-state index in [9.17, 15) is 0 Å². The highest BCUT2D eigenvalue weighted by molar-refractivity contribution is 7.41. The number of hydrogen-bond acceptors (Lipinski definition) is 3. The monoisotopic (exact) mass is 460 g/mol. The molecule has 1 aliphatic rings. The van der Waals surface area contributed by atoms with E-state index in [0.717, 1.165) is 25.9 Å². The fourth-order valence-corrected chi connectivity index (χ4v) is 5.72. The molecule has 186 valence electrons. The van der Waals surface area contributed by atoms with Crippen LogP contribution in [-0.4, -0.2) is 50.5 Å². The maximum absolute atomic E-state index is 6.15. The molecule has 0 bridgehead atoms. The van der Waals surface area contributed by atoms with Crippen molar-refractivity contribution in [3.05, 3.63) is 0 Å². The molecule has 4 nitrogen and oxygen atoms in total. The van der Waals surface area contributed by atoms with Crippen LogP contribution in [0.15, 0.2) is 0 Å². The number of nitrogens with zero attached hydrogens (tertiary/aromatic N) is 1. The molecule has 1 aliphatic heterocycles. The smallest absolute Gasteiger partial charge is 0.324 e. The van der Waals surface area contributed by atoms with Crippen LogP contribution in [0.25, 0.3) is 0 Å². The fourth-order valence-electron chi connectivity index (χ4n) is 4.74. The predicted molar refractivity (Wildman–Crippen MR) is 135 cm³/mol. The van der Waals surface area contributed by atoms with Crippen LogP contribution in [0.2, 0.25) is 0 Å². The Balaban J connectivity index is 1.91. The molecule has 0 aromatic carbocycles. The van der Waals surface area contributed by atoms with E-state index in [-0.39, 0.29) is 0 Å². The molecule has 0 aromatic rings. The maximum Gasteiger partial charge on any atom is 0.332 e. The second-order valence-electron chi connectivity index (χ2n) is 9.56. The highest BCUT2D eigenvalue weighted by Crippen LogP contribution is 2.42. The Morgan fingerprint density at radius 2 is 1.13 bits per heavy atom. The van der Waals surface area contributed by atoms with Gasteiger partial charge >= 0.3 is 8.60 Å². The highest BCUT2D eigenvalue weighted by atomic mass is 31.2. The van der Waals surface area contributed by atoms with Crippen LogP contribution >= 0.6 is 8.60 Å². The molecule has 0 saturated carbocycles. The Morgan fingerprint density at radius 3 is 1.55 bits per heavy atom. The van der Waals surface area contributed by atoms with Gasteiger partial charge in [-0.15, -0.1) is 0 Å². The molecule has 1 atom stereocenters. The van der Waals surface area contributed by atoms with Gasteiger partial charge in [-0.25, -0.2) is 0 Å². The molecular weight excluding hydrogens is 405 g/mol. The van der Waals surface area contributed by atoms with E-state index < -0.39 is 8.60 Å². The van der Waals surface area contributed by atoms with Gasteiger partial charge in [0.25, 0.3) is 0 Å². The highest BCUT2D eigenvalue weighted by Gasteiger charge is 2.33. The lowest BCUT2D eigenvalue weighted by atomic mass is 10.0. The van der Waals surface area contributed by atoms with Gasteiger partial charge in [-0.3, -0.25) is 0 Å². The van der Waals surface area contributed by atoms with Gasteiger partial charge in [0.05, 0.1) is 38.9 Å². The first-order chi connectivity index (χ1) is 15.2. The van der Waals surface area contributed by atoms with Gasteiger partial charge in [0.15, 0.2) is 0 Å². The first kappa shape index (κ1) is 29.3. The summed E-state index contributed by atoms with van der Waals surface area (Å²) in [6, 6.07) is 0. The molecule has 0 aliphatic carbocycles. The Morgan fingerprint density at radius 1 is 0.677 bits per heavy atom. The van der Waals surface area contributed by atoms with E-state index in [2.05, 4.69) is 20.8 Å². The van der Waals surface area contributed by atoms with Crippen molar-refractivity contribution in [2.75, 3.05) is 39.9 Å². The van der Waals surface area contributed by atoms with Crippen LogP contribution in [-0.2, 0) is 13.6 Å². The third-order valence-electron chi connectivity index (χ3n) is 7.27.